The summed E-state index contributed by atoms with van der Waals surface area (Å²) >= 11 is 0. The molecular weight excluding hydrogens is 280 g/mol. The predicted molar refractivity (Wildman–Crippen MR) is 74.8 cm³/mol. The first-order valence-corrected chi connectivity index (χ1v) is 7.95. The smallest absolute Gasteiger partial charge is 0.263 e. The first-order chi connectivity index (χ1) is 9.55. The van der Waals surface area contributed by atoms with Crippen molar-refractivity contribution in [1.29, 1.82) is 0 Å². The quantitative estimate of drug-likeness (QED) is 0.818. The fourth-order valence-corrected chi connectivity index (χ4v) is 3.54. The zero-order valence-electron chi connectivity index (χ0n) is 11.3. The molecule has 0 aliphatic carbocycles. The van der Waals surface area contributed by atoms with Gasteiger partial charge in [0.1, 0.15) is 0 Å². The average Bonchev–Trinajstić information content (AvgIpc) is 2.65. The van der Waals surface area contributed by atoms with Crippen LogP contribution < -0.4 is 10.6 Å². The van der Waals surface area contributed by atoms with Gasteiger partial charge < -0.3 is 10.6 Å². The maximum Gasteiger partial charge on any atom is 0.263 e. The minimum absolute atomic E-state index is 0.0310. The molecule has 1 aliphatic heterocycles. The summed E-state index contributed by atoms with van der Waals surface area (Å²) in [7, 11) is -3.77. The number of nitrogens with zero attached hydrogens (tertiary/aromatic N) is 2. The zero-order chi connectivity index (χ0) is 14.6. The minimum Gasteiger partial charge on any atom is -0.383 e. The second-order valence-electron chi connectivity index (χ2n) is 4.43. The molecule has 1 fully saturated rings. The Labute approximate surface area is 118 Å². The molecule has 2 heterocycles. The van der Waals surface area contributed by atoms with Gasteiger partial charge in [0.25, 0.3) is 10.0 Å². The van der Waals surface area contributed by atoms with E-state index in [0.717, 1.165) is 0 Å². The molecule has 1 saturated heterocycles. The summed E-state index contributed by atoms with van der Waals surface area (Å²) in [6, 6.07) is 3.34. The van der Waals surface area contributed by atoms with E-state index in [1.54, 1.807) is 12.1 Å². The van der Waals surface area contributed by atoms with E-state index in [1.807, 2.05) is 6.92 Å². The molecular formula is C12H18N4O3S. The Balaban J connectivity index is 2.36. The highest BCUT2D eigenvalue weighted by Crippen LogP contribution is 2.22. The number of amides is 1. The Morgan fingerprint density at radius 2 is 2.30 bits per heavy atom. The van der Waals surface area contributed by atoms with E-state index in [-0.39, 0.29) is 17.5 Å². The second kappa shape index (κ2) is 6.19. The van der Waals surface area contributed by atoms with Gasteiger partial charge in [0.2, 0.25) is 5.91 Å². The van der Waals surface area contributed by atoms with Gasteiger partial charge in [-0.1, -0.05) is 0 Å². The van der Waals surface area contributed by atoms with Crippen LogP contribution in [0.1, 0.15) is 13.3 Å². The molecule has 0 bridgehead atoms. The lowest BCUT2D eigenvalue weighted by atomic mass is 10.4. The van der Waals surface area contributed by atoms with Crippen molar-refractivity contribution < 1.29 is 13.2 Å². The number of pyridine rings is 1. The number of hydrogen-bond donors (Lipinski definition) is 2. The van der Waals surface area contributed by atoms with Gasteiger partial charge in [-0.3, -0.25) is 4.79 Å². The molecule has 0 unspecified atom stereocenters. The number of aromatic nitrogens is 1. The fraction of sp³-hybridized carbons (Fsp3) is 0.500. The zero-order valence-corrected chi connectivity index (χ0v) is 12.1. The number of carbonyl (C=O) groups is 1. The molecule has 1 aliphatic rings. The Kier molecular flexibility index (Phi) is 4.56. The number of sulfonamides is 1. The van der Waals surface area contributed by atoms with E-state index >= 15 is 0 Å². The molecule has 0 spiro atoms. The van der Waals surface area contributed by atoms with Crippen molar-refractivity contribution in [2.75, 3.05) is 31.5 Å². The van der Waals surface area contributed by atoms with Crippen molar-refractivity contribution in [3.8, 4) is 0 Å². The molecule has 1 amide bonds. The summed E-state index contributed by atoms with van der Waals surface area (Å²) in [5.74, 6) is -0.285. The van der Waals surface area contributed by atoms with Gasteiger partial charge in [-0.25, -0.2) is 13.4 Å². The lowest BCUT2D eigenvalue weighted by molar-refractivity contribution is -0.120. The fourth-order valence-electron chi connectivity index (χ4n) is 2.03. The van der Waals surface area contributed by atoms with Gasteiger partial charge in [-0.15, -0.1) is 0 Å². The summed E-state index contributed by atoms with van der Waals surface area (Å²) in [5, 5.41) is 5.61. The van der Waals surface area contributed by atoms with Gasteiger partial charge in [0, 0.05) is 25.8 Å². The number of rotatable bonds is 4. The third kappa shape index (κ3) is 3.07. The van der Waals surface area contributed by atoms with Crippen LogP contribution in [0.3, 0.4) is 0 Å². The maximum atomic E-state index is 12.6. The highest BCUT2D eigenvalue weighted by atomic mass is 32.2. The molecule has 20 heavy (non-hydrogen) atoms. The Morgan fingerprint density at radius 1 is 1.50 bits per heavy atom. The molecule has 110 valence electrons. The first-order valence-electron chi connectivity index (χ1n) is 6.51. The molecule has 0 atom stereocenters. The average molecular weight is 298 g/mol. The predicted octanol–water partition coefficient (Wildman–Crippen LogP) is 0.0240. The lowest BCUT2D eigenvalue weighted by Crippen LogP contribution is -2.38. The van der Waals surface area contributed by atoms with Gasteiger partial charge >= 0.3 is 0 Å². The summed E-state index contributed by atoms with van der Waals surface area (Å²) in [5.41, 5.74) is 0.458. The molecule has 1 aromatic heterocycles. The Hall–Kier alpha value is -1.67. The highest BCUT2D eigenvalue weighted by Gasteiger charge is 2.30. The lowest BCUT2D eigenvalue weighted by Gasteiger charge is -2.19. The number of carbonyl (C=O) groups excluding carboxylic acids is 1. The van der Waals surface area contributed by atoms with E-state index in [2.05, 4.69) is 15.6 Å². The van der Waals surface area contributed by atoms with Crippen molar-refractivity contribution in [3.05, 3.63) is 18.3 Å². The normalized spacial score (nSPS) is 17.4. The minimum atomic E-state index is -3.77. The summed E-state index contributed by atoms with van der Waals surface area (Å²) in [6.07, 6.45) is 2.03. The molecule has 2 rings (SSSR count). The summed E-state index contributed by atoms with van der Waals surface area (Å²) in [6.45, 7) is 3.11. The molecule has 0 aromatic carbocycles. The van der Waals surface area contributed by atoms with Crippen LogP contribution in [0.15, 0.2) is 23.4 Å². The summed E-state index contributed by atoms with van der Waals surface area (Å²) in [4.78, 5) is 15.5. The van der Waals surface area contributed by atoms with Gasteiger partial charge in [0.15, 0.2) is 5.03 Å². The number of hydrogen-bond acceptors (Lipinski definition) is 5. The third-order valence-electron chi connectivity index (χ3n) is 2.95. The maximum absolute atomic E-state index is 12.6. The van der Waals surface area contributed by atoms with Crippen molar-refractivity contribution in [3.63, 3.8) is 0 Å². The molecule has 7 nitrogen and oxygen atoms in total. The van der Waals surface area contributed by atoms with Crippen molar-refractivity contribution in [2.24, 2.45) is 0 Å². The van der Waals surface area contributed by atoms with Crippen molar-refractivity contribution in [1.82, 2.24) is 14.6 Å². The van der Waals surface area contributed by atoms with Crippen LogP contribution in [-0.2, 0) is 14.8 Å². The van der Waals surface area contributed by atoms with Crippen molar-refractivity contribution >= 4 is 21.6 Å². The number of anilines is 1. The first kappa shape index (κ1) is 14.7. The van der Waals surface area contributed by atoms with E-state index in [4.69, 9.17) is 0 Å². The van der Waals surface area contributed by atoms with Crippen LogP contribution in [0.25, 0.3) is 0 Å². The largest absolute Gasteiger partial charge is 0.383 e. The van der Waals surface area contributed by atoms with Crippen LogP contribution in [-0.4, -0.2) is 49.8 Å². The van der Waals surface area contributed by atoms with E-state index in [1.165, 1.54) is 10.5 Å². The SMILES string of the molecule is CCNc1cccnc1S(=O)(=O)N1CCCNC(=O)C1. The molecule has 2 N–H and O–H groups in total. The highest BCUT2D eigenvalue weighted by molar-refractivity contribution is 7.89. The Morgan fingerprint density at radius 3 is 3.05 bits per heavy atom. The number of nitrogens with one attached hydrogen (secondary N) is 2. The Bertz CT molecular complexity index is 588. The van der Waals surface area contributed by atoms with E-state index in [9.17, 15) is 13.2 Å². The molecule has 1 aromatic rings. The summed E-state index contributed by atoms with van der Waals surface area (Å²) < 4.78 is 26.4. The van der Waals surface area contributed by atoms with E-state index in [0.29, 0.717) is 31.7 Å². The van der Waals surface area contributed by atoms with Crippen LogP contribution in [0.2, 0.25) is 0 Å². The van der Waals surface area contributed by atoms with Crippen LogP contribution >= 0.6 is 0 Å². The van der Waals surface area contributed by atoms with E-state index < -0.39 is 10.0 Å². The second-order valence-corrected chi connectivity index (χ2v) is 6.28. The molecule has 8 heteroatoms. The van der Waals surface area contributed by atoms with Crippen molar-refractivity contribution in [2.45, 2.75) is 18.4 Å². The third-order valence-corrected chi connectivity index (χ3v) is 4.75. The standard InChI is InChI=1S/C12H18N4O3S/c1-2-13-10-5-3-6-15-12(10)20(18,19)16-8-4-7-14-11(17)9-16/h3,5-6,13H,2,4,7-9H2,1H3,(H,14,17). The van der Waals surface area contributed by atoms with Gasteiger partial charge in [-0.05, 0) is 25.5 Å². The molecule has 0 radical (unpaired) electrons. The topological polar surface area (TPSA) is 91.4 Å². The monoisotopic (exact) mass is 298 g/mol. The van der Waals surface area contributed by atoms with Crippen LogP contribution in [0.5, 0.6) is 0 Å². The van der Waals surface area contributed by atoms with Gasteiger partial charge in [0.05, 0.1) is 12.2 Å². The van der Waals surface area contributed by atoms with Crippen LogP contribution in [0.4, 0.5) is 5.69 Å². The van der Waals surface area contributed by atoms with Gasteiger partial charge in [-0.2, -0.15) is 4.31 Å². The van der Waals surface area contributed by atoms with Crippen LogP contribution in [0, 0.1) is 0 Å². The molecule has 0 saturated carbocycles.